The molecule has 0 radical (unpaired) electrons. The summed E-state index contributed by atoms with van der Waals surface area (Å²) in [6.45, 7) is 11.5. The number of amidine groups is 2. The van der Waals surface area contributed by atoms with Crippen LogP contribution in [-0.2, 0) is 0 Å². The number of thiophene rings is 1. The molecule has 0 bridgehead atoms. The molecule has 0 aliphatic carbocycles. The molecule has 3 rings (SSSR count). The van der Waals surface area contributed by atoms with E-state index in [1.54, 1.807) is 11.3 Å². The summed E-state index contributed by atoms with van der Waals surface area (Å²) in [7, 11) is 4.29. The molecule has 0 saturated carbocycles. The van der Waals surface area contributed by atoms with Gasteiger partial charge in [0.05, 0.1) is 17.6 Å². The highest BCUT2D eigenvalue weighted by molar-refractivity contribution is 7.11. The lowest BCUT2D eigenvalue weighted by Gasteiger charge is -2.42. The maximum atomic E-state index is 9.14. The molecule has 1 fully saturated rings. The normalized spacial score (nSPS) is 25.2. The number of rotatable bonds is 4. The van der Waals surface area contributed by atoms with E-state index in [-0.39, 0.29) is 0 Å². The molecule has 27 heavy (non-hydrogen) atoms. The second-order valence-corrected chi connectivity index (χ2v) is 8.49. The van der Waals surface area contributed by atoms with Gasteiger partial charge >= 0.3 is 0 Å². The van der Waals surface area contributed by atoms with Crippen LogP contribution in [0.2, 0.25) is 0 Å². The Labute approximate surface area is 166 Å². The van der Waals surface area contributed by atoms with Gasteiger partial charge in [-0.2, -0.15) is 0 Å². The maximum absolute atomic E-state index is 9.14. The fraction of sp³-hybridized carbons (Fsp3) is 0.550. The summed E-state index contributed by atoms with van der Waals surface area (Å²) in [5.74, 6) is 1.40. The molecule has 2 aliphatic heterocycles. The fourth-order valence-corrected chi connectivity index (χ4v) is 4.89. The largest absolute Gasteiger partial charge is 0.348 e. The van der Waals surface area contributed by atoms with Crippen LogP contribution in [0.25, 0.3) is 5.70 Å². The zero-order valence-corrected chi connectivity index (χ0v) is 17.9. The zero-order valence-electron chi connectivity index (χ0n) is 17.1. The van der Waals surface area contributed by atoms with Crippen LogP contribution in [0.15, 0.2) is 33.2 Å². The maximum Gasteiger partial charge on any atom is 0.269 e. The third-order valence-electron chi connectivity index (χ3n) is 5.35. The second-order valence-electron chi connectivity index (χ2n) is 7.54. The average Bonchev–Trinajstić information content (AvgIpc) is 3.13. The molecule has 0 spiro atoms. The molecule has 1 saturated heterocycles. The molecule has 146 valence electrons. The third-order valence-corrected chi connectivity index (χ3v) is 6.22. The smallest absolute Gasteiger partial charge is 0.269 e. The lowest BCUT2D eigenvalue weighted by Crippen LogP contribution is -2.60. The minimum Gasteiger partial charge on any atom is -0.348 e. The second kappa shape index (κ2) is 8.04. The van der Waals surface area contributed by atoms with Gasteiger partial charge in [-0.15, -0.1) is 11.3 Å². The van der Waals surface area contributed by atoms with E-state index < -0.39 is 0 Å². The summed E-state index contributed by atoms with van der Waals surface area (Å²) in [4.78, 5) is 15.3. The molecule has 0 aromatic carbocycles. The molecule has 3 heterocycles. The van der Waals surface area contributed by atoms with Crippen LogP contribution >= 0.6 is 11.3 Å². The molecule has 2 aliphatic rings. The molecule has 1 N–H and O–H groups in total. The number of allylic oxidation sites excluding steroid dienone is 1. The van der Waals surface area contributed by atoms with E-state index in [1.807, 2.05) is 0 Å². The highest BCUT2D eigenvalue weighted by atomic mass is 32.1. The van der Waals surface area contributed by atoms with E-state index in [4.69, 9.17) is 10.4 Å². The van der Waals surface area contributed by atoms with Crippen molar-refractivity contribution < 1.29 is 4.48 Å². The topological polar surface area (TPSA) is 55.1 Å². The Balaban J connectivity index is 2.06. The lowest BCUT2D eigenvalue weighted by molar-refractivity contribution is -0.732. The van der Waals surface area contributed by atoms with E-state index in [0.29, 0.717) is 16.9 Å². The SMILES string of the molecule is CCN=C(C)C[N+]1(C)C(=N)C(N2CCN(C)CC2)=NC(C)=C1c1cccs1. The van der Waals surface area contributed by atoms with Crippen LogP contribution in [-0.4, -0.2) is 85.0 Å². The molecule has 1 aromatic heterocycles. The Morgan fingerprint density at radius 2 is 2.04 bits per heavy atom. The molecule has 1 atom stereocenters. The van der Waals surface area contributed by atoms with Crippen LogP contribution < -0.4 is 0 Å². The van der Waals surface area contributed by atoms with Crippen LogP contribution in [0.5, 0.6) is 0 Å². The van der Waals surface area contributed by atoms with E-state index in [1.165, 1.54) is 4.88 Å². The quantitative estimate of drug-likeness (QED) is 0.638. The van der Waals surface area contributed by atoms with Gasteiger partial charge in [-0.3, -0.25) is 4.99 Å². The van der Waals surface area contributed by atoms with Gasteiger partial charge < -0.3 is 9.80 Å². The molecule has 1 aromatic rings. The summed E-state index contributed by atoms with van der Waals surface area (Å²) in [6, 6.07) is 4.21. The molecular formula is C20H31N6S+. The van der Waals surface area contributed by atoms with Gasteiger partial charge in [0.1, 0.15) is 12.2 Å². The highest BCUT2D eigenvalue weighted by Crippen LogP contribution is 2.36. The van der Waals surface area contributed by atoms with Crippen LogP contribution in [0, 0.1) is 5.41 Å². The number of quaternary nitrogens is 1. The van der Waals surface area contributed by atoms with Crippen LogP contribution in [0.1, 0.15) is 25.6 Å². The van der Waals surface area contributed by atoms with E-state index in [9.17, 15) is 0 Å². The van der Waals surface area contributed by atoms with Crippen LogP contribution in [0.4, 0.5) is 0 Å². The van der Waals surface area contributed by atoms with Gasteiger partial charge in [-0.25, -0.2) is 14.9 Å². The Kier molecular flexibility index (Phi) is 5.93. The van der Waals surface area contributed by atoms with Gasteiger partial charge in [-0.1, -0.05) is 6.07 Å². The summed E-state index contributed by atoms with van der Waals surface area (Å²) in [6.07, 6.45) is 0. The van der Waals surface area contributed by atoms with Gasteiger partial charge in [0.25, 0.3) is 5.84 Å². The van der Waals surface area contributed by atoms with Crippen molar-refractivity contribution in [3.63, 3.8) is 0 Å². The number of piperazine rings is 1. The van der Waals surface area contributed by atoms with E-state index in [0.717, 1.165) is 55.7 Å². The van der Waals surface area contributed by atoms with Crippen molar-refractivity contribution in [1.82, 2.24) is 9.80 Å². The van der Waals surface area contributed by atoms with Crippen molar-refractivity contribution in [3.05, 3.63) is 28.1 Å². The number of nitrogens with zero attached hydrogens (tertiary/aromatic N) is 5. The summed E-state index contributed by atoms with van der Waals surface area (Å²) in [5.41, 5.74) is 3.21. The van der Waals surface area contributed by atoms with Gasteiger partial charge in [-0.05, 0) is 39.3 Å². The summed E-state index contributed by atoms with van der Waals surface area (Å²) in [5, 5.41) is 11.2. The third kappa shape index (κ3) is 3.90. The summed E-state index contributed by atoms with van der Waals surface area (Å²) < 4.78 is 0.423. The number of nitrogens with one attached hydrogen (secondary N) is 1. The van der Waals surface area contributed by atoms with Gasteiger partial charge in [0.15, 0.2) is 5.70 Å². The van der Waals surface area contributed by atoms with E-state index >= 15 is 0 Å². The predicted molar refractivity (Wildman–Crippen MR) is 116 cm³/mol. The first kappa shape index (κ1) is 19.9. The van der Waals surface area contributed by atoms with Crippen molar-refractivity contribution in [2.45, 2.75) is 20.8 Å². The molecule has 7 heteroatoms. The number of likely N-dealkylation sites (N-methyl/N-ethyl adjacent to an activating group) is 2. The zero-order chi connectivity index (χ0) is 19.6. The fourth-order valence-electron chi connectivity index (χ4n) is 3.96. The number of hydrogen-bond donors (Lipinski definition) is 1. The molecule has 0 amide bonds. The standard InChI is InChI=1S/C20H31N6S/c1-6-22-15(2)14-26(5)18(17-8-7-13-27-17)16(3)23-20(19(26)21)25-11-9-24(4)10-12-25/h7-8,13,21H,6,9-12,14H2,1-5H3/q+1. The number of hydrogen-bond acceptors (Lipinski definition) is 6. The lowest BCUT2D eigenvalue weighted by atomic mass is 10.1. The average molecular weight is 388 g/mol. The first-order valence-electron chi connectivity index (χ1n) is 9.59. The van der Waals surface area contributed by atoms with Crippen molar-refractivity contribution in [3.8, 4) is 0 Å². The Morgan fingerprint density at radius 1 is 1.33 bits per heavy atom. The van der Waals surface area contributed by atoms with E-state index in [2.05, 4.69) is 67.2 Å². The molecular weight excluding hydrogens is 356 g/mol. The highest BCUT2D eigenvalue weighted by Gasteiger charge is 2.45. The first-order valence-corrected chi connectivity index (χ1v) is 10.5. The summed E-state index contributed by atoms with van der Waals surface area (Å²) >= 11 is 1.72. The first-order chi connectivity index (χ1) is 12.9. The van der Waals surface area contributed by atoms with Crippen molar-refractivity contribution in [1.29, 1.82) is 5.41 Å². The number of aliphatic imine (C=N–C) groups is 2. The van der Waals surface area contributed by atoms with Crippen LogP contribution in [0.3, 0.4) is 0 Å². The Bertz CT molecular complexity index is 783. The van der Waals surface area contributed by atoms with Crippen molar-refractivity contribution in [2.24, 2.45) is 9.98 Å². The van der Waals surface area contributed by atoms with Crippen molar-refractivity contribution in [2.75, 3.05) is 53.4 Å². The Morgan fingerprint density at radius 3 is 2.63 bits per heavy atom. The Hall–Kier alpha value is -1.83. The van der Waals surface area contributed by atoms with Crippen molar-refractivity contribution >= 4 is 34.4 Å². The minimum absolute atomic E-state index is 0.423. The van der Waals surface area contributed by atoms with Gasteiger partial charge in [0, 0.05) is 32.7 Å². The minimum atomic E-state index is 0.423. The molecule has 1 unspecified atom stereocenters. The predicted octanol–water partition coefficient (Wildman–Crippen LogP) is 3.00. The monoisotopic (exact) mass is 387 g/mol. The molecule has 6 nitrogen and oxygen atoms in total. The van der Waals surface area contributed by atoms with Gasteiger partial charge in [0.2, 0.25) is 5.84 Å².